The molecular weight excluding hydrogens is 938 g/mol. The molecule has 0 bridgehead atoms. The molecule has 0 amide bonds. The molecule has 2 aliphatic heterocycles. The number of hydrogen-bond donors (Lipinski definition) is 10. The second kappa shape index (κ2) is 21.7. The van der Waals surface area contributed by atoms with E-state index in [1.165, 1.54) is 59.2 Å². The Bertz CT molecular complexity index is 2190. The number of carbonyl (C=O) groups is 2. The number of ether oxygens (including phenoxy) is 6. The molecule has 64 heavy (non-hydrogen) atoms. The van der Waals surface area contributed by atoms with Crippen LogP contribution in [0.25, 0.3) is 22.3 Å². The second-order valence-electron chi connectivity index (χ2n) is 13.4. The van der Waals surface area contributed by atoms with Gasteiger partial charge in [0.15, 0.2) is 45.7 Å². The van der Waals surface area contributed by atoms with Crippen LogP contribution >= 0.6 is 38.7 Å². The molecule has 0 saturated carbocycles. The summed E-state index contributed by atoms with van der Waals surface area (Å²) in [5.74, 6) is -5.22. The number of aliphatic hydroxyl groups excluding tert-OH is 4. The number of carbonyl (C=O) groups excluding carboxylic acids is 2. The molecule has 2 saturated heterocycles. The molecule has 2 aliphatic rings. The maximum absolute atomic E-state index is 11.8. The van der Waals surface area contributed by atoms with E-state index in [1.807, 2.05) is 13.8 Å². The van der Waals surface area contributed by atoms with E-state index in [0.717, 1.165) is 0 Å². The molecule has 4 aromatic rings. The average molecular weight is 987 g/mol. The zero-order valence-corrected chi connectivity index (χ0v) is 37.7. The third-order valence-corrected chi connectivity index (χ3v) is 12.5. The van der Waals surface area contributed by atoms with Gasteiger partial charge >= 0.3 is 27.1 Å². The summed E-state index contributed by atoms with van der Waals surface area (Å²) in [5.41, 5.74) is 13.0. The zero-order valence-electron chi connectivity index (χ0n) is 34.3. The molecule has 4 aromatic heterocycles. The Morgan fingerprint density at radius 1 is 0.672 bits per heavy atom. The number of imidazole rings is 2. The fourth-order valence-corrected chi connectivity index (χ4v) is 8.60. The lowest BCUT2D eigenvalue weighted by atomic mass is 10.1. The minimum atomic E-state index is -5.01. The molecule has 10 atom stereocenters. The van der Waals surface area contributed by atoms with Crippen molar-refractivity contribution in [3.63, 3.8) is 0 Å². The van der Waals surface area contributed by atoms with Crippen molar-refractivity contribution in [1.82, 2.24) is 39.0 Å². The minimum absolute atomic E-state index is 0.112. The molecule has 356 valence electrons. The van der Waals surface area contributed by atoms with E-state index in [4.69, 9.17) is 30.4 Å². The van der Waals surface area contributed by atoms with E-state index in [1.54, 1.807) is 0 Å². The Labute approximate surface area is 370 Å². The second-order valence-corrected chi connectivity index (χ2v) is 19.2. The Balaban J connectivity index is 0.000000241. The van der Waals surface area contributed by atoms with Crippen LogP contribution in [0.3, 0.4) is 0 Å². The van der Waals surface area contributed by atoms with Crippen LogP contribution in [0, 0.1) is 0 Å². The molecule has 6 heterocycles. The van der Waals surface area contributed by atoms with Crippen LogP contribution in [-0.2, 0) is 47.1 Å². The van der Waals surface area contributed by atoms with Crippen molar-refractivity contribution in [2.45, 2.75) is 98.8 Å². The predicted molar refractivity (Wildman–Crippen MR) is 221 cm³/mol. The van der Waals surface area contributed by atoms with Crippen molar-refractivity contribution in [1.29, 1.82) is 0 Å². The van der Waals surface area contributed by atoms with Gasteiger partial charge in [-0.25, -0.2) is 39.5 Å². The number of thioether (sulfide) groups is 2. The van der Waals surface area contributed by atoms with Gasteiger partial charge in [0.05, 0.1) is 39.1 Å². The lowest BCUT2D eigenvalue weighted by molar-refractivity contribution is -0.156. The van der Waals surface area contributed by atoms with Crippen LogP contribution in [0.4, 0.5) is 11.6 Å². The summed E-state index contributed by atoms with van der Waals surface area (Å²) < 4.78 is 56.6. The highest BCUT2D eigenvalue weighted by Crippen LogP contribution is 2.44. The summed E-state index contributed by atoms with van der Waals surface area (Å²) >= 11 is 2.69. The molecule has 32 heteroatoms. The number of esters is 2. The van der Waals surface area contributed by atoms with Crippen molar-refractivity contribution in [2.75, 3.05) is 49.4 Å². The molecule has 12 N–H and O–H groups in total. The van der Waals surface area contributed by atoms with Crippen molar-refractivity contribution in [3.8, 4) is 0 Å². The standard InChI is InChI=1S/2C16H24N5O9PS/c2*1-3-28-14(24)15(31(25,26)27)29-5-7-9(22)10(23)13(30-7)21-6-18-8-11(17)19-16(32-4-2)20-12(8)21/h2*6-7,9-10,13,15,22-23H,3-5H2,1-2H3,(H2,17,19,20)(H2,25,26,27)/t7-,9-,10-,13-,15+;7-,9-,10-,13-,15-/m11/s1. The van der Waals surface area contributed by atoms with Gasteiger partial charge in [-0.2, -0.15) is 0 Å². The van der Waals surface area contributed by atoms with E-state index in [2.05, 4.69) is 39.4 Å². The van der Waals surface area contributed by atoms with Gasteiger partial charge < -0.3 is 79.9 Å². The first-order valence-corrected chi connectivity index (χ1v) is 24.5. The van der Waals surface area contributed by atoms with Crippen LogP contribution in [0.15, 0.2) is 23.0 Å². The Kier molecular flexibility index (Phi) is 17.4. The maximum Gasteiger partial charge on any atom is 0.365 e. The summed E-state index contributed by atoms with van der Waals surface area (Å²) in [6.07, 6.45) is -8.05. The van der Waals surface area contributed by atoms with E-state index in [-0.39, 0.29) is 47.2 Å². The molecule has 0 aliphatic carbocycles. The maximum atomic E-state index is 11.8. The lowest BCUT2D eigenvalue weighted by Gasteiger charge is -2.20. The molecule has 0 spiro atoms. The summed E-state index contributed by atoms with van der Waals surface area (Å²) in [6.45, 7) is 5.33. The number of fused-ring (bicyclic) bond motifs is 2. The highest BCUT2D eigenvalue weighted by molar-refractivity contribution is 7.99. The van der Waals surface area contributed by atoms with Gasteiger partial charge in [-0.3, -0.25) is 18.3 Å². The molecule has 28 nitrogen and oxygen atoms in total. The third-order valence-electron chi connectivity index (χ3n) is 9.05. The average Bonchev–Trinajstić information content (AvgIpc) is 3.97. The van der Waals surface area contributed by atoms with Crippen molar-refractivity contribution < 1.29 is 87.1 Å². The Morgan fingerprint density at radius 2 is 1.03 bits per heavy atom. The first kappa shape index (κ1) is 51.3. The number of aromatic nitrogens is 8. The summed E-state index contributed by atoms with van der Waals surface area (Å²) in [5, 5.41) is 42.6. The van der Waals surface area contributed by atoms with Crippen molar-refractivity contribution in [3.05, 3.63) is 12.7 Å². The SMILES string of the molecule is CCOC(=O)[C@@H](OC[C@H]1O[C@@H](n2cnc3c(N)nc(SCC)nc32)[C@H](O)[C@@H]1O)P(=O)(O)O.CCOC(=O)[C@H](OC[C@H]1O[C@@H](n2cnc3c(N)nc(SCC)nc32)[C@H](O)[C@@H]1O)P(=O)(O)O. The van der Waals surface area contributed by atoms with Crippen LogP contribution in [0.1, 0.15) is 40.2 Å². The molecule has 6 rings (SSSR count). The fourth-order valence-electron chi connectivity index (χ4n) is 6.19. The van der Waals surface area contributed by atoms with Gasteiger partial charge in [0.2, 0.25) is 0 Å². The van der Waals surface area contributed by atoms with E-state index >= 15 is 0 Å². The normalized spacial score (nSPS) is 24.7. The summed E-state index contributed by atoms with van der Waals surface area (Å²) in [4.78, 5) is 86.4. The molecule has 2 fully saturated rings. The van der Waals surface area contributed by atoms with E-state index in [0.29, 0.717) is 21.8 Å². The van der Waals surface area contributed by atoms with Gasteiger partial charge in [-0.1, -0.05) is 37.4 Å². The van der Waals surface area contributed by atoms with Crippen molar-refractivity contribution >= 4 is 84.6 Å². The van der Waals surface area contributed by atoms with Gasteiger partial charge in [0.1, 0.15) is 47.7 Å². The van der Waals surface area contributed by atoms with E-state index in [9.17, 15) is 58.7 Å². The molecule has 0 aromatic carbocycles. The number of nitrogens with zero attached hydrogens (tertiary/aromatic N) is 8. The van der Waals surface area contributed by atoms with Gasteiger partial charge in [0.25, 0.3) is 11.7 Å². The largest absolute Gasteiger partial charge is 0.464 e. The monoisotopic (exact) mass is 986 g/mol. The number of nitrogen functional groups attached to an aromatic ring is 2. The first-order chi connectivity index (χ1) is 30.2. The van der Waals surface area contributed by atoms with Gasteiger partial charge in [0, 0.05) is 0 Å². The number of nitrogens with two attached hydrogens (primary N) is 2. The highest BCUT2D eigenvalue weighted by Gasteiger charge is 2.48. The predicted octanol–water partition coefficient (Wildman–Crippen LogP) is -1.55. The molecule has 0 radical (unpaired) electrons. The number of hydrogen-bond acceptors (Lipinski definition) is 24. The Morgan fingerprint density at radius 3 is 1.34 bits per heavy atom. The first-order valence-electron chi connectivity index (χ1n) is 19.1. The smallest absolute Gasteiger partial charge is 0.365 e. The number of anilines is 2. The lowest BCUT2D eigenvalue weighted by Crippen LogP contribution is -2.36. The van der Waals surface area contributed by atoms with Gasteiger partial charge in [-0.15, -0.1) is 0 Å². The highest BCUT2D eigenvalue weighted by atomic mass is 32.2. The van der Waals surface area contributed by atoms with Gasteiger partial charge in [-0.05, 0) is 25.4 Å². The fraction of sp³-hybridized carbons (Fsp3) is 0.625. The topological polar surface area (TPSA) is 425 Å². The van der Waals surface area contributed by atoms with Crippen LogP contribution < -0.4 is 11.5 Å². The van der Waals surface area contributed by atoms with Crippen molar-refractivity contribution in [2.24, 2.45) is 0 Å². The third kappa shape index (κ3) is 11.6. The minimum Gasteiger partial charge on any atom is -0.464 e. The number of aliphatic hydroxyl groups is 4. The quantitative estimate of drug-likeness (QED) is 0.0233. The molecular formula is C32H48N10O18P2S2. The zero-order chi connectivity index (χ0) is 47.3. The van der Waals surface area contributed by atoms with Crippen LogP contribution in [0.5, 0.6) is 0 Å². The number of rotatable bonds is 18. The summed E-state index contributed by atoms with van der Waals surface area (Å²) in [6, 6.07) is 0. The van der Waals surface area contributed by atoms with Crippen LogP contribution in [-0.4, -0.2) is 177 Å². The molecule has 0 unspecified atom stereocenters. The van der Waals surface area contributed by atoms with E-state index < -0.39 is 101 Å². The summed E-state index contributed by atoms with van der Waals surface area (Å²) in [7, 11) is -10.0. The van der Waals surface area contributed by atoms with Crippen LogP contribution in [0.2, 0.25) is 0 Å². The Hall–Kier alpha value is -3.68.